The van der Waals surface area contributed by atoms with Gasteiger partial charge in [-0.15, -0.1) is 0 Å². The molecule has 7 nitrogen and oxygen atoms in total. The van der Waals surface area contributed by atoms with Crippen molar-refractivity contribution in [3.63, 3.8) is 0 Å². The summed E-state index contributed by atoms with van der Waals surface area (Å²) in [4.78, 5) is 25.7. The Morgan fingerprint density at radius 1 is 1.50 bits per heavy atom. The molecule has 0 spiro atoms. The van der Waals surface area contributed by atoms with Crippen LogP contribution in [0.25, 0.3) is 0 Å². The molecule has 0 aliphatic carbocycles. The van der Waals surface area contributed by atoms with Crippen LogP contribution in [0.2, 0.25) is 0 Å². The number of hydrogen-bond donors (Lipinski definition) is 0. The van der Waals surface area contributed by atoms with E-state index in [1.54, 1.807) is 0 Å². The lowest BCUT2D eigenvalue weighted by molar-refractivity contribution is -0.384. The molecule has 0 aromatic heterocycles. The molecule has 0 aliphatic rings. The van der Waals surface area contributed by atoms with Crippen molar-refractivity contribution in [2.75, 3.05) is 14.2 Å². The monoisotopic (exact) mass is 226 g/mol. The zero-order valence-electron chi connectivity index (χ0n) is 8.75. The number of hydroxylamine groups is 2. The molecule has 1 amide bonds. The summed E-state index contributed by atoms with van der Waals surface area (Å²) in [6, 6.07) is 5.32. The normalized spacial score (nSPS) is 9.62. The van der Waals surface area contributed by atoms with Crippen molar-refractivity contribution in [2.45, 2.75) is 0 Å². The number of nitro groups is 1. The van der Waals surface area contributed by atoms with Crippen LogP contribution in [0.3, 0.4) is 0 Å². The molecule has 0 radical (unpaired) electrons. The number of hydrogen-bond acceptors (Lipinski definition) is 5. The van der Waals surface area contributed by atoms with Gasteiger partial charge in [-0.1, -0.05) is 6.07 Å². The number of ether oxygens (including phenoxy) is 1. The highest BCUT2D eigenvalue weighted by Crippen LogP contribution is 2.19. The molecule has 0 aliphatic heterocycles. The molecular formula is C9H10N2O5. The van der Waals surface area contributed by atoms with Crippen LogP contribution in [-0.2, 0) is 4.84 Å². The van der Waals surface area contributed by atoms with E-state index in [-0.39, 0.29) is 11.4 Å². The number of carbonyl (C=O) groups is 1. The molecule has 0 saturated carbocycles. The molecule has 1 rings (SSSR count). The minimum absolute atomic E-state index is 0.0862. The van der Waals surface area contributed by atoms with Crippen molar-refractivity contribution in [1.29, 1.82) is 0 Å². The number of rotatable bonds is 3. The molecule has 0 bridgehead atoms. The average molecular weight is 226 g/mol. The first-order chi connectivity index (χ1) is 7.54. The molecule has 0 unspecified atom stereocenters. The first-order valence-electron chi connectivity index (χ1n) is 4.28. The van der Waals surface area contributed by atoms with Gasteiger partial charge < -0.3 is 4.74 Å². The van der Waals surface area contributed by atoms with E-state index in [9.17, 15) is 14.9 Å². The zero-order chi connectivity index (χ0) is 12.1. The molecule has 0 fully saturated rings. The predicted molar refractivity (Wildman–Crippen MR) is 53.9 cm³/mol. The van der Waals surface area contributed by atoms with Gasteiger partial charge in [0.25, 0.3) is 5.69 Å². The van der Waals surface area contributed by atoms with Crippen LogP contribution in [0, 0.1) is 10.1 Å². The van der Waals surface area contributed by atoms with Crippen LogP contribution in [0.5, 0.6) is 5.75 Å². The summed E-state index contributed by atoms with van der Waals surface area (Å²) in [5, 5.41) is 11.3. The summed E-state index contributed by atoms with van der Waals surface area (Å²) in [6.45, 7) is 0. The molecule has 0 atom stereocenters. The Labute approximate surface area is 91.3 Å². The fourth-order valence-electron chi connectivity index (χ4n) is 0.900. The number of benzene rings is 1. The van der Waals surface area contributed by atoms with Crippen LogP contribution in [0.4, 0.5) is 10.5 Å². The van der Waals surface area contributed by atoms with Gasteiger partial charge in [-0.25, -0.2) is 4.79 Å². The second-order valence-electron chi connectivity index (χ2n) is 2.80. The van der Waals surface area contributed by atoms with Crippen molar-refractivity contribution < 1.29 is 19.3 Å². The van der Waals surface area contributed by atoms with Gasteiger partial charge >= 0.3 is 6.09 Å². The van der Waals surface area contributed by atoms with E-state index in [2.05, 4.69) is 4.84 Å². The van der Waals surface area contributed by atoms with E-state index < -0.39 is 11.0 Å². The zero-order valence-corrected chi connectivity index (χ0v) is 8.75. The maximum absolute atomic E-state index is 11.2. The van der Waals surface area contributed by atoms with Gasteiger partial charge in [0, 0.05) is 13.1 Å². The molecule has 0 N–H and O–H groups in total. The molecule has 0 saturated heterocycles. The number of carbonyl (C=O) groups excluding carboxylic acids is 1. The highest BCUT2D eigenvalue weighted by atomic mass is 16.7. The Morgan fingerprint density at radius 3 is 2.75 bits per heavy atom. The van der Waals surface area contributed by atoms with Crippen molar-refractivity contribution >= 4 is 11.8 Å². The molecule has 7 heteroatoms. The highest BCUT2D eigenvalue weighted by Gasteiger charge is 2.13. The van der Waals surface area contributed by atoms with Gasteiger partial charge in [-0.3, -0.25) is 15.0 Å². The summed E-state index contributed by atoms with van der Waals surface area (Å²) in [6.07, 6.45) is -0.761. The summed E-state index contributed by atoms with van der Waals surface area (Å²) < 4.78 is 4.82. The van der Waals surface area contributed by atoms with Crippen LogP contribution in [0.15, 0.2) is 24.3 Å². The number of nitro benzene ring substituents is 1. The third kappa shape index (κ3) is 2.92. The van der Waals surface area contributed by atoms with Crippen molar-refractivity contribution in [1.82, 2.24) is 5.06 Å². The standard InChI is InChI=1S/C9H10N2O5/c1-10(15-2)9(12)16-8-5-3-4-7(6-8)11(13)14/h3-6H,1-2H3. The Bertz CT molecular complexity index is 407. The lowest BCUT2D eigenvalue weighted by atomic mass is 10.3. The average Bonchev–Trinajstić information content (AvgIpc) is 2.28. The second kappa shape index (κ2) is 5.08. The largest absolute Gasteiger partial charge is 0.439 e. The maximum Gasteiger partial charge on any atom is 0.439 e. The van der Waals surface area contributed by atoms with Crippen molar-refractivity contribution in [3.05, 3.63) is 34.4 Å². The first-order valence-corrected chi connectivity index (χ1v) is 4.28. The summed E-state index contributed by atoms with van der Waals surface area (Å²) in [5.41, 5.74) is -0.148. The lowest BCUT2D eigenvalue weighted by Gasteiger charge is -2.12. The van der Waals surface area contributed by atoms with Gasteiger partial charge in [0.05, 0.1) is 18.1 Å². The minimum atomic E-state index is -0.761. The van der Waals surface area contributed by atoms with E-state index in [4.69, 9.17) is 4.74 Å². The summed E-state index contributed by atoms with van der Waals surface area (Å²) in [5.74, 6) is 0.0862. The highest BCUT2D eigenvalue weighted by molar-refractivity contribution is 5.69. The van der Waals surface area contributed by atoms with E-state index in [1.807, 2.05) is 0 Å². The van der Waals surface area contributed by atoms with Crippen LogP contribution in [0.1, 0.15) is 0 Å². The second-order valence-corrected chi connectivity index (χ2v) is 2.80. The summed E-state index contributed by atoms with van der Waals surface area (Å²) >= 11 is 0. The van der Waals surface area contributed by atoms with Gasteiger partial charge in [-0.2, -0.15) is 5.06 Å². The fraction of sp³-hybridized carbons (Fsp3) is 0.222. The van der Waals surface area contributed by atoms with Gasteiger partial charge in [0.2, 0.25) is 0 Å². The van der Waals surface area contributed by atoms with Crippen LogP contribution < -0.4 is 4.74 Å². The van der Waals surface area contributed by atoms with Gasteiger partial charge in [0.1, 0.15) is 5.75 Å². The quantitative estimate of drug-likeness (QED) is 0.577. The van der Waals surface area contributed by atoms with E-state index in [0.717, 1.165) is 11.1 Å². The Morgan fingerprint density at radius 2 is 2.19 bits per heavy atom. The van der Waals surface area contributed by atoms with E-state index >= 15 is 0 Å². The maximum atomic E-state index is 11.2. The summed E-state index contributed by atoms with van der Waals surface area (Å²) in [7, 11) is 2.66. The smallest absolute Gasteiger partial charge is 0.408 e. The molecule has 1 aromatic rings. The van der Waals surface area contributed by atoms with Crippen molar-refractivity contribution in [3.8, 4) is 5.75 Å². The minimum Gasteiger partial charge on any atom is -0.408 e. The molecule has 1 aromatic carbocycles. The molecule has 16 heavy (non-hydrogen) atoms. The van der Waals surface area contributed by atoms with Gasteiger partial charge in [0.15, 0.2) is 0 Å². The lowest BCUT2D eigenvalue weighted by Crippen LogP contribution is -2.28. The SMILES string of the molecule is CON(C)C(=O)Oc1cccc([N+](=O)[O-])c1. The van der Waals surface area contributed by atoms with Crippen LogP contribution >= 0.6 is 0 Å². The van der Waals surface area contributed by atoms with Crippen molar-refractivity contribution in [2.24, 2.45) is 0 Å². The number of amides is 1. The number of nitrogens with zero attached hydrogens (tertiary/aromatic N) is 2. The topological polar surface area (TPSA) is 81.9 Å². The van der Waals surface area contributed by atoms with E-state index in [0.29, 0.717) is 0 Å². The number of non-ortho nitro benzene ring substituents is 1. The third-order valence-corrected chi connectivity index (χ3v) is 1.76. The Kier molecular flexibility index (Phi) is 3.78. The molecular weight excluding hydrogens is 216 g/mol. The Hall–Kier alpha value is -2.15. The van der Waals surface area contributed by atoms with E-state index in [1.165, 1.54) is 32.4 Å². The third-order valence-electron chi connectivity index (χ3n) is 1.76. The fourth-order valence-corrected chi connectivity index (χ4v) is 0.900. The predicted octanol–water partition coefficient (Wildman–Crippen LogP) is 1.59. The Balaban J connectivity index is 2.78. The van der Waals surface area contributed by atoms with Crippen LogP contribution in [-0.4, -0.2) is 30.2 Å². The molecule has 86 valence electrons. The first kappa shape index (κ1) is 11.9. The molecule has 0 heterocycles. The van der Waals surface area contributed by atoms with Gasteiger partial charge in [-0.05, 0) is 6.07 Å².